The maximum Gasteiger partial charge on any atom is 0.241 e. The van der Waals surface area contributed by atoms with Gasteiger partial charge < -0.3 is 9.80 Å². The molecule has 0 saturated carbocycles. The zero-order chi connectivity index (χ0) is 15.8. The Kier molecular flexibility index (Phi) is 8.27. The number of carbonyl (C=O) groups excluding carboxylic acids is 1. The third-order valence-corrected chi connectivity index (χ3v) is 4.63. The third kappa shape index (κ3) is 5.59. The molecule has 0 aromatic rings. The topological polar surface area (TPSA) is 35.6 Å². The summed E-state index contributed by atoms with van der Waals surface area (Å²) in [6.07, 6.45) is 6.79. The van der Waals surface area contributed by atoms with Gasteiger partial charge in [0.25, 0.3) is 0 Å². The summed E-state index contributed by atoms with van der Waals surface area (Å²) in [5, 5.41) is 3.51. The molecule has 1 heterocycles. The van der Waals surface area contributed by atoms with Crippen molar-refractivity contribution in [1.29, 1.82) is 0 Å². The Morgan fingerprint density at radius 3 is 2.52 bits per heavy atom. The molecule has 4 heteroatoms. The second-order valence-corrected chi connectivity index (χ2v) is 6.60. The van der Waals surface area contributed by atoms with Gasteiger partial charge in [-0.25, -0.2) is 0 Å². The van der Waals surface area contributed by atoms with E-state index in [9.17, 15) is 4.79 Å². The van der Waals surface area contributed by atoms with Crippen molar-refractivity contribution in [2.75, 3.05) is 20.1 Å². The molecule has 1 fully saturated rings. The monoisotopic (exact) mass is 297 g/mol. The first-order valence-corrected chi connectivity index (χ1v) is 8.78. The van der Waals surface area contributed by atoms with Crippen molar-refractivity contribution in [1.82, 2.24) is 15.1 Å². The maximum absolute atomic E-state index is 12.5. The van der Waals surface area contributed by atoms with Crippen LogP contribution >= 0.6 is 0 Å². The van der Waals surface area contributed by atoms with Gasteiger partial charge in [-0.2, -0.15) is 0 Å². The minimum absolute atomic E-state index is 0.0632. The fourth-order valence-electron chi connectivity index (χ4n) is 2.87. The predicted molar refractivity (Wildman–Crippen MR) is 89.2 cm³/mol. The molecule has 4 nitrogen and oxygen atoms in total. The molecular formula is C17H35N3O. The van der Waals surface area contributed by atoms with Crippen molar-refractivity contribution in [3.05, 3.63) is 0 Å². The van der Waals surface area contributed by atoms with Gasteiger partial charge in [0.15, 0.2) is 0 Å². The molecule has 0 aromatic heterocycles. The highest BCUT2D eigenvalue weighted by Crippen LogP contribution is 2.18. The summed E-state index contributed by atoms with van der Waals surface area (Å²) in [5.41, 5.74) is 0. The van der Waals surface area contributed by atoms with Crippen molar-refractivity contribution in [2.45, 2.75) is 84.5 Å². The molecule has 0 aromatic carbocycles. The normalized spacial score (nSPS) is 22.8. The lowest BCUT2D eigenvalue weighted by atomic mass is 10.1. The summed E-state index contributed by atoms with van der Waals surface area (Å²) in [4.78, 5) is 16.9. The molecule has 1 aliphatic heterocycles. The van der Waals surface area contributed by atoms with E-state index in [-0.39, 0.29) is 12.2 Å². The number of unbranched alkanes of at least 4 members (excludes halogenated alkanes) is 2. The van der Waals surface area contributed by atoms with Gasteiger partial charge in [-0.3, -0.25) is 10.1 Å². The fraction of sp³-hybridized carbons (Fsp3) is 0.941. The van der Waals surface area contributed by atoms with E-state index in [0.717, 1.165) is 51.6 Å². The first kappa shape index (κ1) is 18.4. The highest BCUT2D eigenvalue weighted by molar-refractivity contribution is 5.84. The lowest BCUT2D eigenvalue weighted by Gasteiger charge is -2.24. The summed E-state index contributed by atoms with van der Waals surface area (Å²) in [7, 11) is 2.17. The molecule has 124 valence electrons. The van der Waals surface area contributed by atoms with Crippen LogP contribution < -0.4 is 5.32 Å². The van der Waals surface area contributed by atoms with Gasteiger partial charge in [0.05, 0.1) is 12.2 Å². The maximum atomic E-state index is 12.5. The Morgan fingerprint density at radius 2 is 1.95 bits per heavy atom. The molecule has 0 aliphatic carbocycles. The second-order valence-electron chi connectivity index (χ2n) is 6.60. The molecule has 1 rings (SSSR count). The summed E-state index contributed by atoms with van der Waals surface area (Å²) in [6.45, 7) is 10.8. The Labute approximate surface area is 131 Å². The standard InChI is InChI=1S/C17H35N3O/c1-6-8-11-15-17(21)20(16(7-2)18-15)13-10-9-12-19(5)14(3)4/h14-16,18H,6-13H2,1-5H3. The van der Waals surface area contributed by atoms with Crippen molar-refractivity contribution in [3.63, 3.8) is 0 Å². The Balaban J connectivity index is 2.36. The van der Waals surface area contributed by atoms with Crippen molar-refractivity contribution in [2.24, 2.45) is 0 Å². The quantitative estimate of drug-likeness (QED) is 0.630. The zero-order valence-electron chi connectivity index (χ0n) is 14.7. The van der Waals surface area contributed by atoms with E-state index in [0.29, 0.717) is 11.9 Å². The number of carbonyl (C=O) groups is 1. The number of hydrogen-bond acceptors (Lipinski definition) is 3. The number of amides is 1. The molecule has 0 bridgehead atoms. The van der Waals surface area contributed by atoms with Gasteiger partial charge in [0.2, 0.25) is 5.91 Å². The van der Waals surface area contributed by atoms with Gasteiger partial charge in [0.1, 0.15) is 0 Å². The number of hydrogen-bond donors (Lipinski definition) is 1. The van der Waals surface area contributed by atoms with Crippen LogP contribution in [-0.4, -0.2) is 54.1 Å². The van der Waals surface area contributed by atoms with Crippen LogP contribution in [0.1, 0.15) is 66.2 Å². The van der Waals surface area contributed by atoms with Crippen LogP contribution in [0.5, 0.6) is 0 Å². The highest BCUT2D eigenvalue weighted by atomic mass is 16.2. The molecule has 1 aliphatic rings. The van der Waals surface area contributed by atoms with E-state index >= 15 is 0 Å². The number of nitrogens with one attached hydrogen (secondary N) is 1. The van der Waals surface area contributed by atoms with Gasteiger partial charge in [-0.15, -0.1) is 0 Å². The SMILES string of the molecule is CCCCC1NC(CC)N(CCCCN(C)C(C)C)C1=O. The van der Waals surface area contributed by atoms with Crippen LogP contribution in [0.2, 0.25) is 0 Å². The van der Waals surface area contributed by atoms with E-state index in [2.05, 4.69) is 49.9 Å². The molecule has 2 unspecified atom stereocenters. The molecule has 1 N–H and O–H groups in total. The smallest absolute Gasteiger partial charge is 0.241 e. The third-order valence-electron chi connectivity index (χ3n) is 4.63. The van der Waals surface area contributed by atoms with E-state index in [1.54, 1.807) is 0 Å². The van der Waals surface area contributed by atoms with Crippen LogP contribution in [0.25, 0.3) is 0 Å². The van der Waals surface area contributed by atoms with E-state index in [4.69, 9.17) is 0 Å². The van der Waals surface area contributed by atoms with Crippen molar-refractivity contribution >= 4 is 5.91 Å². The zero-order valence-corrected chi connectivity index (χ0v) is 14.7. The minimum Gasteiger partial charge on any atom is -0.326 e. The van der Waals surface area contributed by atoms with Gasteiger partial charge in [0, 0.05) is 12.6 Å². The lowest BCUT2D eigenvalue weighted by molar-refractivity contribution is -0.130. The van der Waals surface area contributed by atoms with Gasteiger partial charge >= 0.3 is 0 Å². The largest absolute Gasteiger partial charge is 0.326 e. The van der Waals surface area contributed by atoms with Crippen LogP contribution in [0.4, 0.5) is 0 Å². The highest BCUT2D eigenvalue weighted by Gasteiger charge is 2.36. The van der Waals surface area contributed by atoms with E-state index in [1.807, 2.05) is 0 Å². The fourth-order valence-corrected chi connectivity index (χ4v) is 2.87. The lowest BCUT2D eigenvalue weighted by Crippen LogP contribution is -2.37. The van der Waals surface area contributed by atoms with Gasteiger partial charge in [-0.05, 0) is 53.1 Å². The molecular weight excluding hydrogens is 262 g/mol. The second kappa shape index (κ2) is 9.42. The molecule has 0 radical (unpaired) electrons. The van der Waals surface area contributed by atoms with Crippen molar-refractivity contribution in [3.8, 4) is 0 Å². The number of rotatable bonds is 10. The van der Waals surface area contributed by atoms with Crippen LogP contribution in [0.3, 0.4) is 0 Å². The molecule has 21 heavy (non-hydrogen) atoms. The van der Waals surface area contributed by atoms with E-state index in [1.165, 1.54) is 0 Å². The summed E-state index contributed by atoms with van der Waals surface area (Å²) in [6, 6.07) is 0.662. The van der Waals surface area contributed by atoms with Crippen LogP contribution in [0.15, 0.2) is 0 Å². The summed E-state index contributed by atoms with van der Waals surface area (Å²) in [5.74, 6) is 0.326. The van der Waals surface area contributed by atoms with Crippen LogP contribution in [0, 0.1) is 0 Å². The van der Waals surface area contributed by atoms with E-state index < -0.39 is 0 Å². The minimum atomic E-state index is 0.0632. The first-order chi connectivity index (χ1) is 10.0. The summed E-state index contributed by atoms with van der Waals surface area (Å²) >= 11 is 0. The molecule has 1 amide bonds. The summed E-state index contributed by atoms with van der Waals surface area (Å²) < 4.78 is 0. The van der Waals surface area contributed by atoms with Crippen LogP contribution in [-0.2, 0) is 4.79 Å². The Morgan fingerprint density at radius 1 is 1.24 bits per heavy atom. The first-order valence-electron chi connectivity index (χ1n) is 8.78. The number of nitrogens with zero attached hydrogens (tertiary/aromatic N) is 2. The van der Waals surface area contributed by atoms with Crippen molar-refractivity contribution < 1.29 is 4.79 Å². The molecule has 0 spiro atoms. The Bertz CT molecular complexity index is 306. The van der Waals surface area contributed by atoms with Gasteiger partial charge in [-0.1, -0.05) is 26.7 Å². The average molecular weight is 297 g/mol. The average Bonchev–Trinajstić information content (AvgIpc) is 2.77. The molecule has 1 saturated heterocycles. The molecule has 2 atom stereocenters. The predicted octanol–water partition coefficient (Wildman–Crippen LogP) is 2.83. The Hall–Kier alpha value is -0.610.